The van der Waals surface area contributed by atoms with Crippen LogP contribution in [0.2, 0.25) is 0 Å². The van der Waals surface area contributed by atoms with Crippen molar-refractivity contribution >= 4 is 12.6 Å². The molecular weight excluding hydrogens is 255 g/mol. The van der Waals surface area contributed by atoms with Gasteiger partial charge in [-0.25, -0.2) is 0 Å². The molecule has 20 heavy (non-hydrogen) atoms. The summed E-state index contributed by atoms with van der Waals surface area (Å²) < 4.78 is 13.7. The maximum absolute atomic E-state index is 10.1. The zero-order chi connectivity index (χ0) is 15.2. The van der Waals surface area contributed by atoms with Crippen molar-refractivity contribution in [3.05, 3.63) is 12.4 Å². The monoisotopic (exact) mass is 280 g/mol. The molecule has 2 heterocycles. The molecular formula is C14H25BN2O3. The number of nitrogens with zero attached hydrogens (tertiary/aromatic N) is 2. The van der Waals surface area contributed by atoms with E-state index in [0.717, 1.165) is 5.46 Å². The minimum Gasteiger partial charge on any atom is -0.399 e. The Labute approximate surface area is 121 Å². The van der Waals surface area contributed by atoms with E-state index in [9.17, 15) is 5.11 Å². The van der Waals surface area contributed by atoms with E-state index in [0.29, 0.717) is 13.0 Å². The van der Waals surface area contributed by atoms with E-state index in [1.54, 1.807) is 10.9 Å². The fourth-order valence-corrected chi connectivity index (χ4v) is 2.03. The van der Waals surface area contributed by atoms with Crippen molar-refractivity contribution in [1.82, 2.24) is 9.78 Å². The fraction of sp³-hybridized carbons (Fsp3) is 0.786. The molecule has 1 aromatic rings. The molecule has 5 nitrogen and oxygen atoms in total. The SMILES string of the molecule is CCC(C)(O)Cn1cc(B2OC(C)(C)C(C)(C)O2)cn1. The van der Waals surface area contributed by atoms with Crippen LogP contribution in [-0.2, 0) is 15.9 Å². The van der Waals surface area contributed by atoms with Crippen LogP contribution >= 0.6 is 0 Å². The quantitative estimate of drug-likeness (QED) is 0.846. The van der Waals surface area contributed by atoms with Crippen molar-refractivity contribution in [3.63, 3.8) is 0 Å². The molecule has 2 rings (SSSR count). The molecule has 1 fully saturated rings. The first kappa shape index (κ1) is 15.5. The van der Waals surface area contributed by atoms with Crippen LogP contribution in [0.5, 0.6) is 0 Å². The summed E-state index contributed by atoms with van der Waals surface area (Å²) in [5.41, 5.74) is -0.571. The van der Waals surface area contributed by atoms with Gasteiger partial charge in [0, 0.05) is 17.9 Å². The van der Waals surface area contributed by atoms with Crippen LogP contribution in [0, 0.1) is 0 Å². The summed E-state index contributed by atoms with van der Waals surface area (Å²) in [5, 5.41) is 14.4. The van der Waals surface area contributed by atoms with Gasteiger partial charge >= 0.3 is 7.12 Å². The van der Waals surface area contributed by atoms with E-state index in [-0.39, 0.29) is 11.2 Å². The van der Waals surface area contributed by atoms with Gasteiger partial charge in [-0.15, -0.1) is 0 Å². The fourth-order valence-electron chi connectivity index (χ4n) is 2.03. The highest BCUT2D eigenvalue weighted by Crippen LogP contribution is 2.36. The first-order chi connectivity index (χ1) is 9.06. The molecule has 1 atom stereocenters. The summed E-state index contributed by atoms with van der Waals surface area (Å²) in [7, 11) is -0.402. The van der Waals surface area contributed by atoms with E-state index >= 15 is 0 Å². The van der Waals surface area contributed by atoms with Crippen molar-refractivity contribution in [2.24, 2.45) is 0 Å². The summed E-state index contributed by atoms with van der Waals surface area (Å²) in [4.78, 5) is 0. The van der Waals surface area contributed by atoms with Gasteiger partial charge in [-0.2, -0.15) is 5.10 Å². The van der Waals surface area contributed by atoms with E-state index in [2.05, 4.69) is 5.10 Å². The third-order valence-electron chi connectivity index (χ3n) is 4.44. The van der Waals surface area contributed by atoms with Crippen molar-refractivity contribution in [3.8, 4) is 0 Å². The van der Waals surface area contributed by atoms with Gasteiger partial charge in [0.1, 0.15) is 0 Å². The second-order valence-electron chi connectivity index (χ2n) is 6.91. The Hall–Kier alpha value is -0.845. The lowest BCUT2D eigenvalue weighted by Gasteiger charge is -2.32. The third-order valence-corrected chi connectivity index (χ3v) is 4.44. The van der Waals surface area contributed by atoms with Crippen molar-refractivity contribution in [1.29, 1.82) is 0 Å². The summed E-state index contributed by atoms with van der Waals surface area (Å²) in [6.45, 7) is 12.3. The molecule has 1 N–H and O–H groups in total. The first-order valence-corrected chi connectivity index (χ1v) is 7.17. The highest BCUT2D eigenvalue weighted by Gasteiger charge is 2.52. The van der Waals surface area contributed by atoms with Gasteiger partial charge in [-0.1, -0.05) is 6.92 Å². The van der Waals surface area contributed by atoms with E-state index in [4.69, 9.17) is 9.31 Å². The van der Waals surface area contributed by atoms with Crippen molar-refractivity contribution in [2.45, 2.75) is 71.3 Å². The summed E-state index contributed by atoms with van der Waals surface area (Å²) in [5.74, 6) is 0. The molecule has 0 spiro atoms. The molecule has 0 aromatic carbocycles. The second-order valence-corrected chi connectivity index (χ2v) is 6.91. The molecule has 112 valence electrons. The molecule has 1 saturated heterocycles. The standard InChI is InChI=1S/C14H25BN2O3/c1-7-14(6,18)10-17-9-11(8-16-17)15-19-12(2,3)13(4,5)20-15/h8-9,18H,7,10H2,1-6H3. The summed E-state index contributed by atoms with van der Waals surface area (Å²) >= 11 is 0. The first-order valence-electron chi connectivity index (χ1n) is 7.17. The highest BCUT2D eigenvalue weighted by atomic mass is 16.7. The zero-order valence-electron chi connectivity index (χ0n) is 13.3. The van der Waals surface area contributed by atoms with Crippen LogP contribution < -0.4 is 5.46 Å². The number of hydrogen-bond donors (Lipinski definition) is 1. The molecule has 0 aliphatic carbocycles. The summed E-state index contributed by atoms with van der Waals surface area (Å²) in [6, 6.07) is 0. The number of hydrogen-bond acceptors (Lipinski definition) is 4. The van der Waals surface area contributed by atoms with Gasteiger partial charge in [0.25, 0.3) is 0 Å². The smallest absolute Gasteiger partial charge is 0.399 e. The minimum absolute atomic E-state index is 0.353. The highest BCUT2D eigenvalue weighted by molar-refractivity contribution is 6.61. The van der Waals surface area contributed by atoms with E-state index in [1.165, 1.54) is 0 Å². The predicted molar refractivity (Wildman–Crippen MR) is 78.9 cm³/mol. The van der Waals surface area contributed by atoms with Crippen LogP contribution in [-0.4, -0.2) is 38.8 Å². The Morgan fingerprint density at radius 3 is 2.35 bits per heavy atom. The maximum Gasteiger partial charge on any atom is 0.498 e. The Morgan fingerprint density at radius 2 is 1.85 bits per heavy atom. The second kappa shape index (κ2) is 4.86. The molecule has 0 saturated carbocycles. The minimum atomic E-state index is -0.751. The average Bonchev–Trinajstić information content (AvgIpc) is 2.82. The zero-order valence-corrected chi connectivity index (χ0v) is 13.3. The molecule has 0 radical (unpaired) electrons. The number of rotatable bonds is 4. The predicted octanol–water partition coefficient (Wildman–Crippen LogP) is 1.34. The Kier molecular flexibility index (Phi) is 3.78. The van der Waals surface area contributed by atoms with E-state index < -0.39 is 12.7 Å². The lowest BCUT2D eigenvalue weighted by Crippen LogP contribution is -2.41. The summed E-state index contributed by atoms with van der Waals surface area (Å²) in [6.07, 6.45) is 4.30. The number of aromatic nitrogens is 2. The topological polar surface area (TPSA) is 56.5 Å². The molecule has 1 aliphatic rings. The van der Waals surface area contributed by atoms with Gasteiger partial charge in [0.15, 0.2) is 0 Å². The normalized spacial score (nSPS) is 23.9. The molecule has 0 bridgehead atoms. The van der Waals surface area contributed by atoms with Crippen molar-refractivity contribution in [2.75, 3.05) is 0 Å². The van der Waals surface area contributed by atoms with E-state index in [1.807, 2.05) is 47.7 Å². The lowest BCUT2D eigenvalue weighted by atomic mass is 9.82. The largest absolute Gasteiger partial charge is 0.498 e. The Morgan fingerprint density at radius 1 is 1.30 bits per heavy atom. The third kappa shape index (κ3) is 2.92. The lowest BCUT2D eigenvalue weighted by molar-refractivity contribution is 0.00578. The Bertz CT molecular complexity index is 467. The van der Waals surface area contributed by atoms with Gasteiger partial charge in [0.05, 0.1) is 23.3 Å². The van der Waals surface area contributed by atoms with Crippen LogP contribution in [0.15, 0.2) is 12.4 Å². The van der Waals surface area contributed by atoms with Crippen molar-refractivity contribution < 1.29 is 14.4 Å². The molecule has 6 heteroatoms. The number of aliphatic hydroxyl groups is 1. The van der Waals surface area contributed by atoms with Crippen LogP contribution in [0.25, 0.3) is 0 Å². The molecule has 1 aliphatic heterocycles. The van der Waals surface area contributed by atoms with Gasteiger partial charge in [-0.05, 0) is 41.0 Å². The van der Waals surface area contributed by atoms with Crippen LogP contribution in [0.1, 0.15) is 48.0 Å². The molecule has 1 unspecified atom stereocenters. The van der Waals surface area contributed by atoms with Gasteiger partial charge in [0.2, 0.25) is 0 Å². The molecule has 0 amide bonds. The van der Waals surface area contributed by atoms with Crippen LogP contribution in [0.3, 0.4) is 0 Å². The maximum atomic E-state index is 10.1. The van der Waals surface area contributed by atoms with Gasteiger partial charge < -0.3 is 14.4 Å². The Balaban J connectivity index is 2.11. The van der Waals surface area contributed by atoms with Gasteiger partial charge in [-0.3, -0.25) is 4.68 Å². The van der Waals surface area contributed by atoms with Crippen LogP contribution in [0.4, 0.5) is 0 Å². The average molecular weight is 280 g/mol. The molecule has 1 aromatic heterocycles.